The molecule has 1 atom stereocenters. The first-order valence-electron chi connectivity index (χ1n) is 5.34. The van der Waals surface area contributed by atoms with Crippen molar-refractivity contribution in [3.8, 4) is 0 Å². The summed E-state index contributed by atoms with van der Waals surface area (Å²) in [7, 11) is 1.78. The van der Waals surface area contributed by atoms with E-state index in [-0.39, 0.29) is 11.9 Å². The van der Waals surface area contributed by atoms with E-state index in [1.165, 1.54) is 11.5 Å². The van der Waals surface area contributed by atoms with Crippen molar-refractivity contribution in [1.29, 1.82) is 0 Å². The maximum Gasteiger partial charge on any atom is 0.246 e. The van der Waals surface area contributed by atoms with Crippen molar-refractivity contribution in [3.63, 3.8) is 0 Å². The molecule has 18 heavy (non-hydrogen) atoms. The summed E-state index contributed by atoms with van der Waals surface area (Å²) in [6, 6.07) is 5.68. The van der Waals surface area contributed by atoms with Gasteiger partial charge in [-0.05, 0) is 30.7 Å². The van der Waals surface area contributed by atoms with Gasteiger partial charge >= 0.3 is 0 Å². The number of likely N-dealkylation sites (N-methyl/N-ethyl adjacent to an activating group) is 1. The normalized spacial score (nSPS) is 17.6. The summed E-state index contributed by atoms with van der Waals surface area (Å²) in [5.41, 5.74) is 1.86. The number of rotatable bonds is 3. The van der Waals surface area contributed by atoms with Crippen LogP contribution in [0, 0.1) is 0 Å². The number of nitrogens with zero attached hydrogens (tertiary/aromatic N) is 2. The van der Waals surface area contributed by atoms with Crippen LogP contribution in [0.2, 0.25) is 0 Å². The van der Waals surface area contributed by atoms with Gasteiger partial charge < -0.3 is 10.6 Å². The lowest BCUT2D eigenvalue weighted by molar-refractivity contribution is -0.117. The number of hydrogen-bond donors (Lipinski definition) is 2. The van der Waals surface area contributed by atoms with Gasteiger partial charge in [-0.15, -0.1) is 0 Å². The van der Waals surface area contributed by atoms with Crippen molar-refractivity contribution < 1.29 is 4.79 Å². The third kappa shape index (κ3) is 2.00. The molecule has 3 rings (SSSR count). The molecule has 1 aliphatic heterocycles. The van der Waals surface area contributed by atoms with E-state index in [1.54, 1.807) is 25.1 Å². The number of benzene rings is 1. The standard InChI is InChI=1S/C11H10N4OS2/c1-12-9-7-3-2-6(4-8(7)15-10(9)16)17-11-13-5-14-18-11/h2-5,9,12H,1H3,(H,15,16). The number of nitrogens with one attached hydrogen (secondary N) is 2. The van der Waals surface area contributed by atoms with E-state index in [9.17, 15) is 4.79 Å². The van der Waals surface area contributed by atoms with E-state index in [1.807, 2.05) is 18.2 Å². The molecule has 1 aromatic heterocycles. The van der Waals surface area contributed by atoms with Gasteiger partial charge in [0.2, 0.25) is 5.91 Å². The minimum Gasteiger partial charge on any atom is -0.324 e. The van der Waals surface area contributed by atoms with Gasteiger partial charge in [0.15, 0.2) is 4.34 Å². The maximum absolute atomic E-state index is 11.7. The fourth-order valence-electron chi connectivity index (χ4n) is 1.90. The van der Waals surface area contributed by atoms with E-state index in [2.05, 4.69) is 20.0 Å². The molecule has 0 aliphatic carbocycles. The second kappa shape index (κ2) is 4.68. The number of hydrogen-bond acceptors (Lipinski definition) is 6. The molecule has 1 unspecified atom stereocenters. The third-order valence-corrected chi connectivity index (χ3v) is 4.40. The molecule has 2 heterocycles. The average Bonchev–Trinajstić information content (AvgIpc) is 2.95. The van der Waals surface area contributed by atoms with Crippen LogP contribution in [0.4, 0.5) is 5.69 Å². The Kier molecular flexibility index (Phi) is 3.02. The van der Waals surface area contributed by atoms with E-state index in [0.29, 0.717) is 0 Å². The molecule has 0 bridgehead atoms. The summed E-state index contributed by atoms with van der Waals surface area (Å²) in [6.07, 6.45) is 1.54. The SMILES string of the molecule is CNC1C(=O)Nc2cc(Sc3ncns3)ccc21. The molecule has 2 N–H and O–H groups in total. The van der Waals surface area contributed by atoms with Crippen LogP contribution in [-0.2, 0) is 4.79 Å². The molecular weight excluding hydrogens is 268 g/mol. The number of fused-ring (bicyclic) bond motifs is 1. The van der Waals surface area contributed by atoms with E-state index < -0.39 is 0 Å². The molecule has 0 saturated heterocycles. The Hall–Kier alpha value is -1.44. The molecule has 5 nitrogen and oxygen atoms in total. The van der Waals surface area contributed by atoms with Gasteiger partial charge in [-0.1, -0.05) is 17.8 Å². The monoisotopic (exact) mass is 278 g/mol. The summed E-state index contributed by atoms with van der Waals surface area (Å²) in [5.74, 6) is -0.00874. The Morgan fingerprint density at radius 1 is 1.50 bits per heavy atom. The molecule has 0 spiro atoms. The Bertz CT molecular complexity index is 585. The highest BCUT2D eigenvalue weighted by Gasteiger charge is 2.29. The van der Waals surface area contributed by atoms with Crippen LogP contribution in [0.5, 0.6) is 0 Å². The molecule has 1 aromatic carbocycles. The van der Waals surface area contributed by atoms with Crippen molar-refractivity contribution >= 4 is 34.9 Å². The minimum atomic E-state index is -0.249. The fraction of sp³-hybridized carbons (Fsp3) is 0.182. The predicted octanol–water partition coefficient (Wildman–Crippen LogP) is 1.90. The molecule has 0 saturated carbocycles. The van der Waals surface area contributed by atoms with Gasteiger partial charge in [-0.3, -0.25) is 4.79 Å². The number of carbonyl (C=O) groups excluding carboxylic acids is 1. The quantitative estimate of drug-likeness (QED) is 0.897. The van der Waals surface area contributed by atoms with Crippen molar-refractivity contribution in [1.82, 2.24) is 14.7 Å². The Balaban J connectivity index is 1.89. The van der Waals surface area contributed by atoms with E-state index in [0.717, 1.165) is 20.5 Å². The molecular formula is C11H10N4OS2. The Morgan fingerprint density at radius 2 is 2.39 bits per heavy atom. The molecule has 0 radical (unpaired) electrons. The molecule has 7 heteroatoms. The number of anilines is 1. The van der Waals surface area contributed by atoms with Crippen LogP contribution in [0.1, 0.15) is 11.6 Å². The average molecular weight is 278 g/mol. The zero-order valence-electron chi connectivity index (χ0n) is 9.51. The lowest BCUT2D eigenvalue weighted by Gasteiger charge is -2.06. The molecule has 0 fully saturated rings. The summed E-state index contributed by atoms with van der Waals surface area (Å²) < 4.78 is 4.85. The largest absolute Gasteiger partial charge is 0.324 e. The third-order valence-electron chi connectivity index (χ3n) is 2.69. The highest BCUT2D eigenvalue weighted by Crippen LogP contribution is 2.36. The van der Waals surface area contributed by atoms with Crippen LogP contribution in [0.15, 0.2) is 33.8 Å². The lowest BCUT2D eigenvalue weighted by atomic mass is 10.1. The van der Waals surface area contributed by atoms with Gasteiger partial charge in [0.05, 0.1) is 0 Å². The van der Waals surface area contributed by atoms with Crippen molar-refractivity contribution in [2.45, 2.75) is 15.3 Å². The number of carbonyl (C=O) groups is 1. The Morgan fingerprint density at radius 3 is 3.11 bits per heavy atom. The first kappa shape index (κ1) is 11.6. The smallest absolute Gasteiger partial charge is 0.246 e. The van der Waals surface area contributed by atoms with Gasteiger partial charge in [0.25, 0.3) is 0 Å². The summed E-state index contributed by atoms with van der Waals surface area (Å²) in [5, 5.41) is 5.87. The summed E-state index contributed by atoms with van der Waals surface area (Å²) >= 11 is 2.90. The van der Waals surface area contributed by atoms with Crippen LogP contribution in [0.3, 0.4) is 0 Å². The first-order chi connectivity index (χ1) is 8.78. The summed E-state index contributed by atoms with van der Waals surface area (Å²) in [6.45, 7) is 0. The second-order valence-corrected chi connectivity index (χ2v) is 5.87. The van der Waals surface area contributed by atoms with Crippen LogP contribution >= 0.6 is 23.3 Å². The number of amides is 1. The van der Waals surface area contributed by atoms with E-state index in [4.69, 9.17) is 0 Å². The maximum atomic E-state index is 11.7. The fourth-order valence-corrected chi connectivity index (χ4v) is 3.36. The van der Waals surface area contributed by atoms with Crippen LogP contribution in [0.25, 0.3) is 0 Å². The van der Waals surface area contributed by atoms with Crippen LogP contribution in [-0.4, -0.2) is 22.3 Å². The number of aromatic nitrogens is 2. The van der Waals surface area contributed by atoms with Gasteiger partial charge in [0, 0.05) is 16.1 Å². The molecule has 92 valence electrons. The van der Waals surface area contributed by atoms with E-state index >= 15 is 0 Å². The lowest BCUT2D eigenvalue weighted by Crippen LogP contribution is -2.23. The molecule has 1 amide bonds. The molecule has 2 aromatic rings. The predicted molar refractivity (Wildman–Crippen MR) is 70.9 cm³/mol. The zero-order chi connectivity index (χ0) is 12.5. The first-order valence-corrected chi connectivity index (χ1v) is 6.93. The second-order valence-electron chi connectivity index (χ2n) is 3.77. The van der Waals surface area contributed by atoms with Crippen molar-refractivity contribution in [2.75, 3.05) is 12.4 Å². The molecule has 1 aliphatic rings. The highest BCUT2D eigenvalue weighted by atomic mass is 32.2. The highest BCUT2D eigenvalue weighted by molar-refractivity contribution is 8.01. The van der Waals surface area contributed by atoms with Gasteiger partial charge in [-0.25, -0.2) is 4.98 Å². The minimum absolute atomic E-state index is 0.00874. The Labute approximate surface area is 112 Å². The van der Waals surface area contributed by atoms with Crippen molar-refractivity contribution in [3.05, 3.63) is 30.1 Å². The van der Waals surface area contributed by atoms with Crippen molar-refractivity contribution in [2.24, 2.45) is 0 Å². The zero-order valence-corrected chi connectivity index (χ0v) is 11.1. The van der Waals surface area contributed by atoms with Crippen LogP contribution < -0.4 is 10.6 Å². The topological polar surface area (TPSA) is 66.9 Å². The van der Waals surface area contributed by atoms with Gasteiger partial charge in [-0.2, -0.15) is 4.37 Å². The summed E-state index contributed by atoms with van der Waals surface area (Å²) in [4.78, 5) is 16.9. The van der Waals surface area contributed by atoms with Gasteiger partial charge in [0.1, 0.15) is 12.4 Å².